The Morgan fingerprint density at radius 1 is 1.26 bits per heavy atom. The molecule has 1 amide bonds. The molecular formula is C20H19ClN4OS. The van der Waals surface area contributed by atoms with Gasteiger partial charge in [0, 0.05) is 16.6 Å². The second-order valence-electron chi connectivity index (χ2n) is 6.57. The molecule has 1 fully saturated rings. The van der Waals surface area contributed by atoms with E-state index in [1.807, 2.05) is 48.0 Å². The molecule has 0 unspecified atom stereocenters. The van der Waals surface area contributed by atoms with Crippen molar-refractivity contribution >= 4 is 35.0 Å². The smallest absolute Gasteiger partial charge is 0.234 e. The molecule has 1 heterocycles. The van der Waals surface area contributed by atoms with E-state index >= 15 is 0 Å². The van der Waals surface area contributed by atoms with Crippen LogP contribution in [0.15, 0.2) is 53.7 Å². The van der Waals surface area contributed by atoms with Crippen LogP contribution in [0, 0.1) is 6.92 Å². The molecule has 4 rings (SSSR count). The quantitative estimate of drug-likeness (QED) is 0.603. The number of aryl methyl sites for hydroxylation is 1. The Hall–Kier alpha value is -2.31. The number of nitrogens with zero attached hydrogens (tertiary/aromatic N) is 3. The van der Waals surface area contributed by atoms with Gasteiger partial charge in [0.2, 0.25) is 11.1 Å². The van der Waals surface area contributed by atoms with Gasteiger partial charge in [-0.15, -0.1) is 5.10 Å². The highest BCUT2D eigenvalue weighted by molar-refractivity contribution is 7.99. The molecule has 27 heavy (non-hydrogen) atoms. The lowest BCUT2D eigenvalue weighted by molar-refractivity contribution is -0.113. The SMILES string of the molecule is Cc1ccc(Cl)cc1NC(=O)CSc1nc(C2CC2)n(-c2ccccc2)n1. The number of para-hydroxylation sites is 1. The van der Waals surface area contributed by atoms with Crippen molar-refractivity contribution in [3.63, 3.8) is 0 Å². The van der Waals surface area contributed by atoms with E-state index in [2.05, 4.69) is 15.4 Å². The molecule has 3 aromatic rings. The molecule has 1 N–H and O–H groups in total. The summed E-state index contributed by atoms with van der Waals surface area (Å²) >= 11 is 7.35. The van der Waals surface area contributed by atoms with E-state index < -0.39 is 0 Å². The Balaban J connectivity index is 1.45. The van der Waals surface area contributed by atoms with Crippen LogP contribution in [-0.4, -0.2) is 26.4 Å². The lowest BCUT2D eigenvalue weighted by atomic mass is 10.2. The number of aromatic nitrogens is 3. The number of halogens is 1. The zero-order valence-corrected chi connectivity index (χ0v) is 16.4. The van der Waals surface area contributed by atoms with Crippen molar-refractivity contribution in [3.8, 4) is 5.69 Å². The van der Waals surface area contributed by atoms with Gasteiger partial charge in [-0.25, -0.2) is 9.67 Å². The van der Waals surface area contributed by atoms with Crippen LogP contribution in [0.5, 0.6) is 0 Å². The van der Waals surface area contributed by atoms with Crippen LogP contribution < -0.4 is 5.32 Å². The maximum atomic E-state index is 12.3. The van der Waals surface area contributed by atoms with Gasteiger partial charge in [-0.05, 0) is 49.6 Å². The van der Waals surface area contributed by atoms with Gasteiger partial charge in [0.15, 0.2) is 0 Å². The molecule has 0 saturated heterocycles. The normalized spacial score (nSPS) is 13.6. The average Bonchev–Trinajstić information content (AvgIpc) is 3.43. The summed E-state index contributed by atoms with van der Waals surface area (Å²) in [4.78, 5) is 17.0. The summed E-state index contributed by atoms with van der Waals surface area (Å²) < 4.78 is 1.90. The number of anilines is 1. The van der Waals surface area contributed by atoms with Gasteiger partial charge in [0.25, 0.3) is 0 Å². The minimum absolute atomic E-state index is 0.102. The summed E-state index contributed by atoms with van der Waals surface area (Å²) in [5.41, 5.74) is 2.70. The van der Waals surface area contributed by atoms with Crippen LogP contribution in [0.25, 0.3) is 5.69 Å². The lowest BCUT2D eigenvalue weighted by Gasteiger charge is -2.08. The monoisotopic (exact) mass is 398 g/mol. The van der Waals surface area contributed by atoms with E-state index in [1.54, 1.807) is 12.1 Å². The molecular weight excluding hydrogens is 380 g/mol. The summed E-state index contributed by atoms with van der Waals surface area (Å²) in [6, 6.07) is 15.4. The van der Waals surface area contributed by atoms with Crippen molar-refractivity contribution in [1.29, 1.82) is 0 Å². The van der Waals surface area contributed by atoms with Crippen molar-refractivity contribution in [3.05, 3.63) is 64.9 Å². The van der Waals surface area contributed by atoms with Crippen LogP contribution in [-0.2, 0) is 4.79 Å². The van der Waals surface area contributed by atoms with E-state index in [4.69, 9.17) is 11.6 Å². The summed E-state index contributed by atoms with van der Waals surface area (Å²) in [5.74, 6) is 1.59. The summed E-state index contributed by atoms with van der Waals surface area (Å²) in [6.45, 7) is 1.93. The number of hydrogen-bond donors (Lipinski definition) is 1. The molecule has 1 aromatic heterocycles. The van der Waals surface area contributed by atoms with Gasteiger partial charge >= 0.3 is 0 Å². The van der Waals surface area contributed by atoms with E-state index in [-0.39, 0.29) is 11.7 Å². The second kappa shape index (κ2) is 7.74. The fraction of sp³-hybridized carbons (Fsp3) is 0.250. The van der Waals surface area contributed by atoms with Crippen molar-refractivity contribution in [1.82, 2.24) is 14.8 Å². The second-order valence-corrected chi connectivity index (χ2v) is 7.95. The van der Waals surface area contributed by atoms with E-state index in [1.165, 1.54) is 11.8 Å². The van der Waals surface area contributed by atoms with Crippen molar-refractivity contribution in [2.45, 2.75) is 30.8 Å². The Morgan fingerprint density at radius 3 is 2.78 bits per heavy atom. The molecule has 0 aliphatic heterocycles. The standard InChI is InChI=1S/C20H19ClN4OS/c1-13-7-10-15(21)11-17(13)22-18(26)12-27-20-23-19(14-8-9-14)25(24-20)16-5-3-2-4-6-16/h2-7,10-11,14H,8-9,12H2,1H3,(H,22,26). The minimum atomic E-state index is -0.102. The molecule has 2 aromatic carbocycles. The lowest BCUT2D eigenvalue weighted by Crippen LogP contribution is -2.15. The molecule has 1 aliphatic rings. The van der Waals surface area contributed by atoms with Gasteiger partial charge in [-0.1, -0.05) is 47.6 Å². The van der Waals surface area contributed by atoms with Crippen LogP contribution in [0.2, 0.25) is 5.02 Å². The summed E-state index contributed by atoms with van der Waals surface area (Å²) in [5, 5.41) is 8.74. The number of carbonyl (C=O) groups is 1. The maximum Gasteiger partial charge on any atom is 0.234 e. The first-order valence-electron chi connectivity index (χ1n) is 8.81. The molecule has 7 heteroatoms. The molecule has 1 aliphatic carbocycles. The molecule has 1 saturated carbocycles. The van der Waals surface area contributed by atoms with Gasteiger partial charge in [0.1, 0.15) is 5.82 Å². The number of amides is 1. The zero-order valence-electron chi connectivity index (χ0n) is 14.9. The maximum absolute atomic E-state index is 12.3. The minimum Gasteiger partial charge on any atom is -0.325 e. The predicted molar refractivity (Wildman–Crippen MR) is 109 cm³/mol. The van der Waals surface area contributed by atoms with Gasteiger partial charge in [0.05, 0.1) is 11.4 Å². The fourth-order valence-corrected chi connectivity index (χ4v) is 3.58. The molecule has 0 bridgehead atoms. The first kappa shape index (κ1) is 18.1. The highest BCUT2D eigenvalue weighted by atomic mass is 35.5. The molecule has 138 valence electrons. The Labute approximate surface area is 167 Å². The van der Waals surface area contributed by atoms with Crippen LogP contribution in [0.1, 0.15) is 30.1 Å². The average molecular weight is 399 g/mol. The largest absolute Gasteiger partial charge is 0.325 e. The van der Waals surface area contributed by atoms with Crippen LogP contribution in [0.4, 0.5) is 5.69 Å². The first-order valence-corrected chi connectivity index (χ1v) is 10.2. The van der Waals surface area contributed by atoms with Gasteiger partial charge < -0.3 is 5.32 Å². The van der Waals surface area contributed by atoms with Crippen molar-refractivity contribution in [2.75, 3.05) is 11.1 Å². The van der Waals surface area contributed by atoms with E-state index in [0.717, 1.165) is 35.6 Å². The summed E-state index contributed by atoms with van der Waals surface area (Å²) in [7, 11) is 0. The molecule has 0 radical (unpaired) electrons. The van der Waals surface area contributed by atoms with E-state index in [0.29, 0.717) is 16.1 Å². The van der Waals surface area contributed by atoms with E-state index in [9.17, 15) is 4.79 Å². The third-order valence-corrected chi connectivity index (χ3v) is 5.43. The number of thioether (sulfide) groups is 1. The topological polar surface area (TPSA) is 59.8 Å². The third kappa shape index (κ3) is 4.34. The number of nitrogens with one attached hydrogen (secondary N) is 1. The zero-order chi connectivity index (χ0) is 18.8. The van der Waals surface area contributed by atoms with Gasteiger partial charge in [-0.2, -0.15) is 0 Å². The number of hydrogen-bond acceptors (Lipinski definition) is 4. The fourth-order valence-electron chi connectivity index (χ4n) is 2.78. The van der Waals surface area contributed by atoms with Crippen LogP contribution >= 0.6 is 23.4 Å². The third-order valence-electron chi connectivity index (χ3n) is 4.36. The molecule has 0 atom stereocenters. The Bertz CT molecular complexity index is 969. The van der Waals surface area contributed by atoms with Crippen LogP contribution in [0.3, 0.4) is 0 Å². The highest BCUT2D eigenvalue weighted by Gasteiger charge is 2.30. The summed E-state index contributed by atoms with van der Waals surface area (Å²) in [6.07, 6.45) is 2.29. The number of carbonyl (C=O) groups excluding carboxylic acids is 1. The Morgan fingerprint density at radius 2 is 2.04 bits per heavy atom. The first-order chi connectivity index (χ1) is 13.1. The number of benzene rings is 2. The van der Waals surface area contributed by atoms with Crippen molar-refractivity contribution in [2.24, 2.45) is 0 Å². The molecule has 5 nitrogen and oxygen atoms in total. The predicted octanol–water partition coefficient (Wildman–Crippen LogP) is 4.84. The highest BCUT2D eigenvalue weighted by Crippen LogP contribution is 2.40. The van der Waals surface area contributed by atoms with Crippen molar-refractivity contribution < 1.29 is 4.79 Å². The Kier molecular flexibility index (Phi) is 5.18. The molecule has 0 spiro atoms. The number of rotatable bonds is 6. The van der Waals surface area contributed by atoms with Gasteiger partial charge in [-0.3, -0.25) is 4.79 Å².